The van der Waals surface area contributed by atoms with Crippen LogP contribution in [-0.2, 0) is 14.2 Å². The van der Waals surface area contributed by atoms with E-state index in [-0.39, 0.29) is 19.0 Å². The van der Waals surface area contributed by atoms with Crippen LogP contribution in [0.25, 0.3) is 0 Å². The Morgan fingerprint density at radius 1 is 1.30 bits per heavy atom. The molecule has 0 spiro atoms. The Balaban J connectivity index is 1.84. The summed E-state index contributed by atoms with van der Waals surface area (Å²) < 4.78 is 17.4. The maximum atomic E-state index is 12.7. The first-order valence-corrected chi connectivity index (χ1v) is 9.47. The van der Waals surface area contributed by atoms with Gasteiger partial charge in [-0.15, -0.1) is 0 Å². The number of nitrogens with one attached hydrogen (secondary N) is 1. The number of rotatable bonds is 8. The molecule has 162 valence electrons. The van der Waals surface area contributed by atoms with E-state index in [1.165, 1.54) is 17.9 Å². The zero-order valence-electron chi connectivity index (χ0n) is 16.7. The summed E-state index contributed by atoms with van der Waals surface area (Å²) in [4.78, 5) is 29.0. The SMILES string of the molecule is COCCO[C@@H]1[C@H](O)[C@@H](CO)O[C@H]1n1cc(C)c(NC(=O)c2ccccc2)nc1=O. The molecule has 10 nitrogen and oxygen atoms in total. The first kappa shape index (κ1) is 22.1. The lowest BCUT2D eigenvalue weighted by Gasteiger charge is -2.23. The van der Waals surface area contributed by atoms with E-state index >= 15 is 0 Å². The second-order valence-corrected chi connectivity index (χ2v) is 6.85. The summed E-state index contributed by atoms with van der Waals surface area (Å²) in [7, 11) is 1.51. The van der Waals surface area contributed by atoms with Crippen molar-refractivity contribution in [3.63, 3.8) is 0 Å². The van der Waals surface area contributed by atoms with Gasteiger partial charge < -0.3 is 29.7 Å². The van der Waals surface area contributed by atoms with E-state index in [1.54, 1.807) is 37.3 Å². The van der Waals surface area contributed by atoms with Crippen LogP contribution in [0.15, 0.2) is 41.3 Å². The Morgan fingerprint density at radius 2 is 2.03 bits per heavy atom. The molecule has 1 aliphatic rings. The summed E-state index contributed by atoms with van der Waals surface area (Å²) >= 11 is 0. The van der Waals surface area contributed by atoms with Crippen LogP contribution in [0.1, 0.15) is 22.1 Å². The lowest BCUT2D eigenvalue weighted by molar-refractivity contribution is -0.0819. The standard InChI is InChI=1S/C20H25N3O7/c1-12-10-23(19-16(29-9-8-28-2)15(25)14(11-24)30-19)20(27)22-17(12)21-18(26)13-6-4-3-5-7-13/h3-7,10,14-16,19,24-25H,8-9,11H2,1-2H3,(H,21,22,26,27)/t14-,15-,16-,19-/m1/s1. The smallest absolute Gasteiger partial charge is 0.351 e. The fourth-order valence-corrected chi connectivity index (χ4v) is 3.19. The van der Waals surface area contributed by atoms with Crippen molar-refractivity contribution in [3.8, 4) is 0 Å². The van der Waals surface area contributed by atoms with Gasteiger partial charge in [0.25, 0.3) is 5.91 Å². The molecule has 3 rings (SSSR count). The second kappa shape index (κ2) is 9.92. The number of anilines is 1. The number of aryl methyl sites for hydroxylation is 1. The van der Waals surface area contributed by atoms with Crippen LogP contribution >= 0.6 is 0 Å². The molecule has 1 aromatic carbocycles. The van der Waals surface area contributed by atoms with Crippen LogP contribution in [-0.4, -0.2) is 70.9 Å². The van der Waals surface area contributed by atoms with Gasteiger partial charge in [-0.2, -0.15) is 4.98 Å². The molecule has 1 aliphatic heterocycles. The highest BCUT2D eigenvalue weighted by atomic mass is 16.6. The van der Waals surface area contributed by atoms with Crippen LogP contribution in [0.5, 0.6) is 0 Å². The highest BCUT2D eigenvalue weighted by Crippen LogP contribution is 2.31. The van der Waals surface area contributed by atoms with Crippen molar-refractivity contribution in [1.82, 2.24) is 9.55 Å². The molecule has 30 heavy (non-hydrogen) atoms. The maximum Gasteiger partial charge on any atom is 0.351 e. The normalized spacial score (nSPS) is 23.5. The summed E-state index contributed by atoms with van der Waals surface area (Å²) in [5, 5.41) is 22.5. The third-order valence-electron chi connectivity index (χ3n) is 4.77. The Morgan fingerprint density at radius 3 is 2.70 bits per heavy atom. The summed E-state index contributed by atoms with van der Waals surface area (Å²) in [5.41, 5.74) is 0.252. The first-order valence-electron chi connectivity index (χ1n) is 9.47. The van der Waals surface area contributed by atoms with E-state index in [1.807, 2.05) is 0 Å². The van der Waals surface area contributed by atoms with Gasteiger partial charge in [-0.3, -0.25) is 9.36 Å². The molecule has 1 amide bonds. The average Bonchev–Trinajstić information content (AvgIpc) is 3.06. The predicted octanol–water partition coefficient (Wildman–Crippen LogP) is 0.0862. The van der Waals surface area contributed by atoms with Crippen LogP contribution in [0.4, 0.5) is 5.82 Å². The summed E-state index contributed by atoms with van der Waals surface area (Å²) in [6.07, 6.45) is -2.47. The van der Waals surface area contributed by atoms with E-state index in [4.69, 9.17) is 14.2 Å². The minimum absolute atomic E-state index is 0.124. The predicted molar refractivity (Wildman–Crippen MR) is 106 cm³/mol. The Kier molecular flexibility index (Phi) is 7.29. The van der Waals surface area contributed by atoms with Crippen LogP contribution < -0.4 is 11.0 Å². The van der Waals surface area contributed by atoms with E-state index < -0.39 is 42.7 Å². The molecule has 3 N–H and O–H groups in total. The van der Waals surface area contributed by atoms with Crippen molar-refractivity contribution >= 4 is 11.7 Å². The molecule has 10 heteroatoms. The number of hydrogen-bond acceptors (Lipinski definition) is 8. The third kappa shape index (κ3) is 4.74. The molecule has 2 heterocycles. The number of carbonyl (C=O) groups excluding carboxylic acids is 1. The quantitative estimate of drug-likeness (QED) is 0.513. The molecule has 0 bridgehead atoms. The van der Waals surface area contributed by atoms with Gasteiger partial charge >= 0.3 is 5.69 Å². The van der Waals surface area contributed by atoms with Crippen molar-refractivity contribution in [3.05, 3.63) is 58.1 Å². The molecule has 1 fully saturated rings. The van der Waals surface area contributed by atoms with Crippen LogP contribution in [0, 0.1) is 6.92 Å². The number of aliphatic hydroxyl groups excluding tert-OH is 2. The number of carbonyl (C=O) groups is 1. The average molecular weight is 419 g/mol. The molecule has 1 saturated heterocycles. The van der Waals surface area contributed by atoms with E-state index in [0.29, 0.717) is 11.1 Å². The van der Waals surface area contributed by atoms with Crippen molar-refractivity contribution < 1.29 is 29.2 Å². The number of nitrogens with zero attached hydrogens (tertiary/aromatic N) is 2. The summed E-state index contributed by atoms with van der Waals surface area (Å²) in [6, 6.07) is 8.56. The van der Waals surface area contributed by atoms with E-state index in [9.17, 15) is 19.8 Å². The highest BCUT2D eigenvalue weighted by molar-refractivity contribution is 6.03. The number of methoxy groups -OCH3 is 1. The number of benzene rings is 1. The fourth-order valence-electron chi connectivity index (χ4n) is 3.19. The van der Waals surface area contributed by atoms with Crippen LogP contribution in [0.2, 0.25) is 0 Å². The molecule has 0 aliphatic carbocycles. The number of hydrogen-bond donors (Lipinski definition) is 3. The second-order valence-electron chi connectivity index (χ2n) is 6.85. The lowest BCUT2D eigenvalue weighted by atomic mass is 10.1. The van der Waals surface area contributed by atoms with Gasteiger partial charge in [0.15, 0.2) is 6.23 Å². The minimum atomic E-state index is -1.14. The zero-order chi connectivity index (χ0) is 21.7. The lowest BCUT2D eigenvalue weighted by Crippen LogP contribution is -2.39. The number of ether oxygens (including phenoxy) is 3. The zero-order valence-corrected chi connectivity index (χ0v) is 16.7. The molecule has 0 unspecified atom stereocenters. The van der Waals surface area contributed by atoms with Gasteiger partial charge in [0.1, 0.15) is 24.1 Å². The molecular formula is C20H25N3O7. The largest absolute Gasteiger partial charge is 0.394 e. The molecule has 2 aromatic rings. The fraction of sp³-hybridized carbons (Fsp3) is 0.450. The van der Waals surface area contributed by atoms with E-state index in [0.717, 1.165) is 0 Å². The molecule has 1 aromatic heterocycles. The minimum Gasteiger partial charge on any atom is -0.394 e. The molecular weight excluding hydrogens is 394 g/mol. The van der Waals surface area contributed by atoms with Gasteiger partial charge in [0.2, 0.25) is 0 Å². The third-order valence-corrected chi connectivity index (χ3v) is 4.77. The Hall–Kier alpha value is -2.63. The Bertz CT molecular complexity index is 918. The van der Waals surface area contributed by atoms with Gasteiger partial charge in [-0.05, 0) is 19.1 Å². The topological polar surface area (TPSA) is 132 Å². The number of aliphatic hydroxyl groups is 2. The number of amides is 1. The van der Waals surface area contributed by atoms with Gasteiger partial charge in [0.05, 0.1) is 19.8 Å². The first-order chi connectivity index (χ1) is 14.5. The molecule has 0 radical (unpaired) electrons. The van der Waals surface area contributed by atoms with Gasteiger partial charge in [-0.25, -0.2) is 4.79 Å². The summed E-state index contributed by atoms with van der Waals surface area (Å²) in [5.74, 6) is -0.267. The van der Waals surface area contributed by atoms with Crippen molar-refractivity contribution in [2.75, 3.05) is 32.2 Å². The monoisotopic (exact) mass is 419 g/mol. The van der Waals surface area contributed by atoms with Crippen molar-refractivity contribution in [1.29, 1.82) is 0 Å². The van der Waals surface area contributed by atoms with Crippen molar-refractivity contribution in [2.24, 2.45) is 0 Å². The number of aromatic nitrogens is 2. The van der Waals surface area contributed by atoms with Gasteiger partial charge in [-0.1, -0.05) is 18.2 Å². The molecule has 4 atom stereocenters. The summed E-state index contributed by atoms with van der Waals surface area (Å²) in [6.45, 7) is 1.70. The Labute approximate surface area is 173 Å². The van der Waals surface area contributed by atoms with Crippen LogP contribution in [0.3, 0.4) is 0 Å². The van der Waals surface area contributed by atoms with Crippen molar-refractivity contribution in [2.45, 2.75) is 31.5 Å². The van der Waals surface area contributed by atoms with Gasteiger partial charge in [0, 0.05) is 24.4 Å². The maximum absolute atomic E-state index is 12.7. The highest BCUT2D eigenvalue weighted by Gasteiger charge is 2.45. The molecule has 0 saturated carbocycles. The van der Waals surface area contributed by atoms with E-state index in [2.05, 4.69) is 10.3 Å².